The minimum atomic E-state index is 0.532. The number of fused-ring (bicyclic) bond motifs is 1. The first-order chi connectivity index (χ1) is 10.7. The lowest BCUT2D eigenvalue weighted by Gasteiger charge is -2.16. The maximum Gasteiger partial charge on any atom is 0.112 e. The Morgan fingerprint density at radius 1 is 1.14 bits per heavy atom. The van der Waals surface area contributed by atoms with Gasteiger partial charge in [-0.25, -0.2) is 4.98 Å². The second-order valence-corrected chi connectivity index (χ2v) is 6.18. The Labute approximate surface area is 134 Å². The van der Waals surface area contributed by atoms with Crippen LogP contribution in [0.25, 0.3) is 11.0 Å². The molecule has 1 unspecified atom stereocenters. The van der Waals surface area contributed by atoms with Crippen LogP contribution in [-0.2, 0) is 7.05 Å². The Morgan fingerprint density at radius 2 is 1.95 bits per heavy atom. The third-order valence-electron chi connectivity index (χ3n) is 4.45. The topological polar surface area (TPSA) is 41.6 Å². The minimum absolute atomic E-state index is 0.532. The summed E-state index contributed by atoms with van der Waals surface area (Å²) in [7, 11) is 2.08. The maximum absolute atomic E-state index is 9.08. The van der Waals surface area contributed by atoms with Crippen molar-refractivity contribution >= 4 is 11.0 Å². The third-order valence-corrected chi connectivity index (χ3v) is 4.45. The molecule has 22 heavy (non-hydrogen) atoms. The van der Waals surface area contributed by atoms with Crippen molar-refractivity contribution in [3.8, 4) is 6.07 Å². The first kappa shape index (κ1) is 16.5. The number of nitrogens with zero attached hydrogens (tertiary/aromatic N) is 3. The van der Waals surface area contributed by atoms with Crippen molar-refractivity contribution < 1.29 is 0 Å². The highest BCUT2D eigenvalue weighted by Gasteiger charge is 2.18. The fourth-order valence-corrected chi connectivity index (χ4v) is 3.21. The Kier molecular flexibility index (Phi) is 6.00. The van der Waals surface area contributed by atoms with E-state index in [1.54, 1.807) is 0 Å². The van der Waals surface area contributed by atoms with Gasteiger partial charge in [0.15, 0.2) is 0 Å². The number of unbranched alkanes of at least 4 members (excludes halogenated alkanes) is 3. The molecule has 3 nitrogen and oxygen atoms in total. The van der Waals surface area contributed by atoms with Crippen LogP contribution in [0.2, 0.25) is 0 Å². The number of hydrogen-bond acceptors (Lipinski definition) is 2. The molecule has 0 N–H and O–H groups in total. The zero-order chi connectivity index (χ0) is 15.9. The van der Waals surface area contributed by atoms with Gasteiger partial charge in [0.1, 0.15) is 5.82 Å². The second kappa shape index (κ2) is 7.98. The number of benzene rings is 1. The second-order valence-electron chi connectivity index (χ2n) is 6.18. The summed E-state index contributed by atoms with van der Waals surface area (Å²) in [6.07, 6.45) is 8.80. The van der Waals surface area contributed by atoms with Crippen molar-refractivity contribution in [3.63, 3.8) is 0 Å². The summed E-state index contributed by atoms with van der Waals surface area (Å²) in [6, 6.07) is 7.99. The van der Waals surface area contributed by atoms with Gasteiger partial charge in [-0.2, -0.15) is 5.26 Å². The van der Waals surface area contributed by atoms with E-state index in [1.807, 2.05) is 18.2 Å². The van der Waals surface area contributed by atoms with Crippen molar-refractivity contribution in [3.05, 3.63) is 29.6 Å². The van der Waals surface area contributed by atoms with Gasteiger partial charge < -0.3 is 4.57 Å². The van der Waals surface area contributed by atoms with Gasteiger partial charge in [-0.15, -0.1) is 0 Å². The molecule has 118 valence electrons. The molecule has 1 atom stereocenters. The Morgan fingerprint density at radius 3 is 2.64 bits per heavy atom. The van der Waals surface area contributed by atoms with Crippen molar-refractivity contribution in [2.45, 2.75) is 64.7 Å². The lowest BCUT2D eigenvalue weighted by Crippen LogP contribution is -2.06. The quantitative estimate of drug-likeness (QED) is 0.620. The normalized spacial score (nSPS) is 12.5. The van der Waals surface area contributed by atoms with E-state index in [1.165, 1.54) is 50.8 Å². The van der Waals surface area contributed by atoms with Crippen LogP contribution in [0, 0.1) is 11.3 Å². The highest BCUT2D eigenvalue weighted by atomic mass is 15.1. The van der Waals surface area contributed by atoms with E-state index >= 15 is 0 Å². The summed E-state index contributed by atoms with van der Waals surface area (Å²) in [6.45, 7) is 4.50. The smallest absolute Gasteiger partial charge is 0.112 e. The predicted molar refractivity (Wildman–Crippen MR) is 91.8 cm³/mol. The van der Waals surface area contributed by atoms with Crippen LogP contribution in [0.3, 0.4) is 0 Å². The molecule has 0 aliphatic heterocycles. The van der Waals surface area contributed by atoms with Gasteiger partial charge >= 0.3 is 0 Å². The van der Waals surface area contributed by atoms with E-state index in [0.29, 0.717) is 11.5 Å². The predicted octanol–water partition coefficient (Wildman–Crippen LogP) is 5.30. The molecule has 3 heteroatoms. The molecule has 0 amide bonds. The molecule has 0 fully saturated rings. The fourth-order valence-electron chi connectivity index (χ4n) is 3.21. The molecule has 1 aromatic heterocycles. The average Bonchev–Trinajstić information content (AvgIpc) is 2.87. The lowest BCUT2D eigenvalue weighted by atomic mass is 9.95. The van der Waals surface area contributed by atoms with E-state index < -0.39 is 0 Å². The monoisotopic (exact) mass is 297 g/mol. The van der Waals surface area contributed by atoms with Crippen molar-refractivity contribution in [2.75, 3.05) is 0 Å². The SMILES string of the molecule is CCCCCCC(CCC)c1nc2ccc(C#N)cc2n1C. The van der Waals surface area contributed by atoms with E-state index in [-0.39, 0.29) is 0 Å². The van der Waals surface area contributed by atoms with Crippen molar-refractivity contribution in [1.29, 1.82) is 5.26 Å². The molecule has 0 spiro atoms. The van der Waals surface area contributed by atoms with E-state index in [0.717, 1.165) is 11.0 Å². The summed E-state index contributed by atoms with van der Waals surface area (Å²) in [5, 5.41) is 9.08. The molecule has 2 rings (SSSR count). The van der Waals surface area contributed by atoms with E-state index in [4.69, 9.17) is 10.2 Å². The van der Waals surface area contributed by atoms with Gasteiger partial charge in [0, 0.05) is 13.0 Å². The maximum atomic E-state index is 9.08. The number of hydrogen-bond donors (Lipinski definition) is 0. The molecule has 1 heterocycles. The molecule has 0 saturated carbocycles. The zero-order valence-corrected chi connectivity index (χ0v) is 14.1. The van der Waals surface area contributed by atoms with Crippen LogP contribution in [0.4, 0.5) is 0 Å². The van der Waals surface area contributed by atoms with Gasteiger partial charge in [0.2, 0.25) is 0 Å². The number of aryl methyl sites for hydroxylation is 1. The van der Waals surface area contributed by atoms with Gasteiger partial charge in [-0.1, -0.05) is 46.0 Å². The highest BCUT2D eigenvalue weighted by molar-refractivity contribution is 5.77. The van der Waals surface area contributed by atoms with Crippen LogP contribution in [0.15, 0.2) is 18.2 Å². The molecule has 2 aromatic rings. The molecular formula is C19H27N3. The van der Waals surface area contributed by atoms with Crippen molar-refractivity contribution in [2.24, 2.45) is 7.05 Å². The van der Waals surface area contributed by atoms with Crippen molar-refractivity contribution in [1.82, 2.24) is 9.55 Å². The highest BCUT2D eigenvalue weighted by Crippen LogP contribution is 2.29. The van der Waals surface area contributed by atoms with E-state index in [9.17, 15) is 0 Å². The van der Waals surface area contributed by atoms with Gasteiger partial charge in [0.25, 0.3) is 0 Å². The number of aromatic nitrogens is 2. The number of imidazole rings is 1. The molecule has 1 aromatic carbocycles. The third kappa shape index (κ3) is 3.68. The van der Waals surface area contributed by atoms with Crippen LogP contribution >= 0.6 is 0 Å². The largest absolute Gasteiger partial charge is 0.331 e. The Bertz CT molecular complexity index is 648. The summed E-state index contributed by atoms with van der Waals surface area (Å²) in [5.41, 5.74) is 2.78. The van der Waals surface area contributed by atoms with Crippen LogP contribution in [0.5, 0.6) is 0 Å². The lowest BCUT2D eigenvalue weighted by molar-refractivity contribution is 0.493. The van der Waals surface area contributed by atoms with Crippen LogP contribution in [0.1, 0.15) is 76.1 Å². The Balaban J connectivity index is 2.25. The molecule has 0 radical (unpaired) electrons. The van der Waals surface area contributed by atoms with E-state index in [2.05, 4.69) is 31.5 Å². The van der Waals surface area contributed by atoms with Crippen LogP contribution < -0.4 is 0 Å². The minimum Gasteiger partial charge on any atom is -0.331 e. The Hall–Kier alpha value is -1.82. The standard InChI is InChI=1S/C19H27N3/c1-4-6-7-8-10-16(9-5-2)19-21-17-12-11-15(14-20)13-18(17)22(19)3/h11-13,16H,4-10H2,1-3H3. The molecule has 0 aliphatic carbocycles. The molecule has 0 bridgehead atoms. The fraction of sp³-hybridized carbons (Fsp3) is 0.579. The van der Waals surface area contributed by atoms with Crippen LogP contribution in [-0.4, -0.2) is 9.55 Å². The molecular weight excluding hydrogens is 270 g/mol. The summed E-state index contributed by atoms with van der Waals surface area (Å²) in [5.74, 6) is 1.72. The first-order valence-electron chi connectivity index (χ1n) is 8.57. The molecule has 0 saturated heterocycles. The number of rotatable bonds is 8. The van der Waals surface area contributed by atoms with Gasteiger partial charge in [-0.3, -0.25) is 0 Å². The zero-order valence-electron chi connectivity index (χ0n) is 14.1. The summed E-state index contributed by atoms with van der Waals surface area (Å²) in [4.78, 5) is 4.86. The molecule has 0 aliphatic rings. The average molecular weight is 297 g/mol. The summed E-state index contributed by atoms with van der Waals surface area (Å²) >= 11 is 0. The van der Waals surface area contributed by atoms with Gasteiger partial charge in [0.05, 0.1) is 22.7 Å². The summed E-state index contributed by atoms with van der Waals surface area (Å²) < 4.78 is 2.19. The first-order valence-corrected chi connectivity index (χ1v) is 8.57. The van der Waals surface area contributed by atoms with Gasteiger partial charge in [-0.05, 0) is 31.0 Å². The number of nitriles is 1.